The first kappa shape index (κ1) is 20.0. The van der Waals surface area contributed by atoms with Gasteiger partial charge >= 0.3 is 0 Å². The number of allylic oxidation sites excluding steroid dienone is 5. The second-order valence-corrected chi connectivity index (χ2v) is 10.2. The van der Waals surface area contributed by atoms with Gasteiger partial charge in [-0.2, -0.15) is 0 Å². The summed E-state index contributed by atoms with van der Waals surface area (Å²) in [7, 11) is 0. The molecule has 0 heteroatoms. The van der Waals surface area contributed by atoms with E-state index in [4.69, 9.17) is 0 Å². The van der Waals surface area contributed by atoms with Crippen molar-refractivity contribution in [1.82, 2.24) is 0 Å². The molecule has 0 spiro atoms. The van der Waals surface area contributed by atoms with E-state index in [2.05, 4.69) is 53.3 Å². The minimum atomic E-state index is 0.568. The van der Waals surface area contributed by atoms with Crippen LogP contribution in [0.5, 0.6) is 0 Å². The zero-order valence-electron chi connectivity index (χ0n) is 18.1. The molecule has 0 aromatic rings. The lowest BCUT2D eigenvalue weighted by Crippen LogP contribution is -2.35. The van der Waals surface area contributed by atoms with E-state index in [0.717, 1.165) is 17.8 Å². The molecule has 26 heavy (non-hydrogen) atoms. The number of fused-ring (bicyclic) bond motifs is 1. The minimum absolute atomic E-state index is 0.568. The Balaban J connectivity index is 1.76. The van der Waals surface area contributed by atoms with E-state index in [-0.39, 0.29) is 0 Å². The van der Waals surface area contributed by atoms with Crippen molar-refractivity contribution in [2.45, 2.75) is 92.4 Å². The minimum Gasteiger partial charge on any atom is -0.0993 e. The molecule has 6 atom stereocenters. The van der Waals surface area contributed by atoms with Gasteiger partial charge in [-0.1, -0.05) is 82.9 Å². The summed E-state index contributed by atoms with van der Waals surface area (Å²) in [5, 5.41) is 0. The third kappa shape index (κ3) is 3.76. The van der Waals surface area contributed by atoms with E-state index >= 15 is 0 Å². The summed E-state index contributed by atoms with van der Waals surface area (Å²) >= 11 is 0. The van der Waals surface area contributed by atoms with Gasteiger partial charge in [-0.15, -0.1) is 0 Å². The van der Waals surface area contributed by atoms with Crippen LogP contribution in [-0.4, -0.2) is 0 Å². The van der Waals surface area contributed by atoms with Crippen LogP contribution in [0.25, 0.3) is 0 Å². The van der Waals surface area contributed by atoms with Gasteiger partial charge < -0.3 is 0 Å². The zero-order chi connectivity index (χ0) is 18.9. The molecule has 0 aromatic carbocycles. The van der Waals surface area contributed by atoms with Crippen LogP contribution in [0, 0.1) is 35.0 Å². The van der Waals surface area contributed by atoms with E-state index in [1.54, 1.807) is 11.1 Å². The second-order valence-electron chi connectivity index (χ2n) is 10.2. The fourth-order valence-electron chi connectivity index (χ4n) is 6.85. The lowest BCUT2D eigenvalue weighted by Gasteiger charge is -2.44. The van der Waals surface area contributed by atoms with Crippen molar-refractivity contribution in [2.75, 3.05) is 0 Å². The van der Waals surface area contributed by atoms with Gasteiger partial charge in [-0.05, 0) is 80.0 Å². The van der Waals surface area contributed by atoms with Gasteiger partial charge in [0, 0.05) is 0 Å². The average molecular weight is 355 g/mol. The maximum absolute atomic E-state index is 4.31. The molecule has 0 radical (unpaired) electrons. The third-order valence-electron chi connectivity index (χ3n) is 8.40. The molecule has 3 aliphatic carbocycles. The summed E-state index contributed by atoms with van der Waals surface area (Å²) in [5.41, 5.74) is 5.47. The molecular formula is C26H42. The number of hydrogen-bond acceptors (Lipinski definition) is 0. The van der Waals surface area contributed by atoms with Crippen molar-refractivity contribution in [3.63, 3.8) is 0 Å². The summed E-state index contributed by atoms with van der Waals surface area (Å²) in [6.07, 6.45) is 17.4. The molecule has 3 fully saturated rings. The van der Waals surface area contributed by atoms with E-state index in [9.17, 15) is 0 Å². The molecule has 0 amide bonds. The molecular weight excluding hydrogens is 312 g/mol. The smallest absolute Gasteiger partial charge is 0.0143 e. The molecule has 2 unspecified atom stereocenters. The predicted octanol–water partition coefficient (Wildman–Crippen LogP) is 8.11. The van der Waals surface area contributed by atoms with E-state index in [1.165, 1.54) is 63.4 Å². The summed E-state index contributed by atoms with van der Waals surface area (Å²) < 4.78 is 0. The Hall–Kier alpha value is -0.780. The Labute approximate surface area is 163 Å². The van der Waals surface area contributed by atoms with Crippen molar-refractivity contribution >= 4 is 0 Å². The highest BCUT2D eigenvalue weighted by Gasteiger charge is 2.50. The fraction of sp³-hybridized carbons (Fsp3) is 0.769. The third-order valence-corrected chi connectivity index (χ3v) is 8.40. The molecule has 0 N–H and O–H groups in total. The van der Waals surface area contributed by atoms with Crippen LogP contribution in [0.15, 0.2) is 35.5 Å². The summed E-state index contributed by atoms with van der Waals surface area (Å²) in [6.45, 7) is 16.5. The van der Waals surface area contributed by atoms with Crippen molar-refractivity contribution in [3.05, 3.63) is 35.5 Å². The summed E-state index contributed by atoms with van der Waals surface area (Å²) in [5.74, 6) is 4.02. The normalized spacial score (nSPS) is 42.3. The quantitative estimate of drug-likeness (QED) is 0.447. The van der Waals surface area contributed by atoms with Gasteiger partial charge in [0.15, 0.2) is 0 Å². The van der Waals surface area contributed by atoms with Crippen LogP contribution >= 0.6 is 0 Å². The highest BCUT2D eigenvalue weighted by Crippen LogP contribution is 2.59. The average Bonchev–Trinajstić information content (AvgIpc) is 2.95. The first-order valence-corrected chi connectivity index (χ1v) is 11.4. The van der Waals surface area contributed by atoms with Crippen LogP contribution in [0.2, 0.25) is 0 Å². The molecule has 0 nitrogen and oxygen atoms in total. The lowest BCUT2D eigenvalue weighted by molar-refractivity contribution is 0.0940. The van der Waals surface area contributed by atoms with Crippen molar-refractivity contribution in [3.8, 4) is 0 Å². The molecule has 0 aromatic heterocycles. The molecule has 3 aliphatic rings. The van der Waals surface area contributed by atoms with Crippen LogP contribution in [0.1, 0.15) is 92.4 Å². The van der Waals surface area contributed by atoms with Gasteiger partial charge in [0.1, 0.15) is 0 Å². The fourth-order valence-corrected chi connectivity index (χ4v) is 6.85. The number of hydrogen-bond donors (Lipinski definition) is 0. The predicted molar refractivity (Wildman–Crippen MR) is 115 cm³/mol. The van der Waals surface area contributed by atoms with Crippen LogP contribution in [0.3, 0.4) is 0 Å². The Bertz CT molecular complexity index is 561. The molecule has 0 bridgehead atoms. The Morgan fingerprint density at radius 1 is 1.15 bits per heavy atom. The van der Waals surface area contributed by atoms with Gasteiger partial charge in [0.2, 0.25) is 0 Å². The first-order chi connectivity index (χ1) is 12.4. The second kappa shape index (κ2) is 8.07. The molecule has 0 heterocycles. The van der Waals surface area contributed by atoms with E-state index < -0.39 is 0 Å². The van der Waals surface area contributed by atoms with Gasteiger partial charge in [0.25, 0.3) is 0 Å². The van der Waals surface area contributed by atoms with Crippen LogP contribution < -0.4 is 0 Å². The van der Waals surface area contributed by atoms with E-state index in [0.29, 0.717) is 17.3 Å². The van der Waals surface area contributed by atoms with Crippen molar-refractivity contribution < 1.29 is 0 Å². The highest BCUT2D eigenvalue weighted by molar-refractivity contribution is 5.28. The molecule has 3 rings (SSSR count). The van der Waals surface area contributed by atoms with Gasteiger partial charge in [-0.3, -0.25) is 0 Å². The number of rotatable bonds is 4. The summed E-state index contributed by atoms with van der Waals surface area (Å²) in [4.78, 5) is 0. The Kier molecular flexibility index (Phi) is 6.20. The molecule has 3 saturated carbocycles. The van der Waals surface area contributed by atoms with Crippen molar-refractivity contribution in [2.24, 2.45) is 35.0 Å². The summed E-state index contributed by atoms with van der Waals surface area (Å²) in [6, 6.07) is 0. The molecule has 0 aliphatic heterocycles. The molecule has 146 valence electrons. The van der Waals surface area contributed by atoms with Crippen LogP contribution in [-0.2, 0) is 0 Å². The highest BCUT2D eigenvalue weighted by atomic mass is 14.5. The van der Waals surface area contributed by atoms with Crippen LogP contribution in [0.4, 0.5) is 0 Å². The standard InChI is InChI=1S/C26H42/c1-7-9-18(2)24-13-14-25-23(10-8-15-26(24,25)6)12-11-22-16-19(3)21(5)20(4)17-22/h11-12,18-20,24-25H,5,7-10,13-17H2,1-4,6H3/b22-11?,23-12+/t18-,19+,20?,24?,25-,26+/m0/s1. The van der Waals surface area contributed by atoms with E-state index in [1.807, 2.05) is 0 Å². The Morgan fingerprint density at radius 2 is 1.85 bits per heavy atom. The SMILES string of the molecule is C=C1C(C)CC(=C/C=C2\CCC[C@]3(C)C([C@@H](C)CCC)CC[C@@H]23)C[C@H]1C. The maximum Gasteiger partial charge on any atom is -0.0143 e. The Morgan fingerprint density at radius 3 is 2.50 bits per heavy atom. The zero-order valence-corrected chi connectivity index (χ0v) is 18.1. The van der Waals surface area contributed by atoms with Crippen molar-refractivity contribution in [1.29, 1.82) is 0 Å². The topological polar surface area (TPSA) is 0 Å². The lowest BCUT2D eigenvalue weighted by atomic mass is 9.60. The maximum atomic E-state index is 4.31. The monoisotopic (exact) mass is 354 g/mol. The first-order valence-electron chi connectivity index (χ1n) is 11.4. The largest absolute Gasteiger partial charge is 0.0993 e. The molecule has 0 saturated heterocycles. The van der Waals surface area contributed by atoms with Gasteiger partial charge in [-0.25, -0.2) is 0 Å². The van der Waals surface area contributed by atoms with Gasteiger partial charge in [0.05, 0.1) is 0 Å².